The number of hydrogen-bond acceptors (Lipinski definition) is 5. The van der Waals surface area contributed by atoms with Gasteiger partial charge in [-0.1, -0.05) is 11.6 Å². The van der Waals surface area contributed by atoms with Gasteiger partial charge in [0.2, 0.25) is 10.0 Å². The molecule has 1 amide bonds. The van der Waals surface area contributed by atoms with Crippen molar-refractivity contribution in [1.29, 1.82) is 0 Å². The highest BCUT2D eigenvalue weighted by Gasteiger charge is 2.34. The van der Waals surface area contributed by atoms with Crippen LogP contribution in [-0.4, -0.2) is 62.7 Å². The molecule has 0 saturated carbocycles. The van der Waals surface area contributed by atoms with Crippen molar-refractivity contribution in [2.24, 2.45) is 5.92 Å². The number of carbonyl (C=O) groups is 1. The monoisotopic (exact) mass is 347 g/mol. The van der Waals surface area contributed by atoms with E-state index in [1.54, 1.807) is 0 Å². The van der Waals surface area contributed by atoms with Gasteiger partial charge in [-0.05, 0) is 6.07 Å². The lowest BCUT2D eigenvalue weighted by Crippen LogP contribution is -2.43. The number of carbonyl (C=O) groups excluding carboxylic acids is 1. The lowest BCUT2D eigenvalue weighted by molar-refractivity contribution is 0.0925. The van der Waals surface area contributed by atoms with Gasteiger partial charge in [0, 0.05) is 32.4 Å². The van der Waals surface area contributed by atoms with Crippen molar-refractivity contribution in [3.63, 3.8) is 0 Å². The molecular weight excluding hydrogens is 330 g/mol. The SMILES string of the molecule is CN(C)S(=O)(=O)CC1COCC1NC(=O)c1cncc(Cl)c1. The van der Waals surface area contributed by atoms with Crippen molar-refractivity contribution in [2.75, 3.05) is 33.1 Å². The van der Waals surface area contributed by atoms with Crippen LogP contribution in [0.1, 0.15) is 10.4 Å². The van der Waals surface area contributed by atoms with Gasteiger partial charge in [-0.2, -0.15) is 0 Å². The van der Waals surface area contributed by atoms with Crippen LogP contribution in [0, 0.1) is 5.92 Å². The zero-order valence-corrected chi connectivity index (χ0v) is 13.9. The number of nitrogens with one attached hydrogen (secondary N) is 1. The molecule has 0 aliphatic carbocycles. The molecule has 2 atom stereocenters. The van der Waals surface area contributed by atoms with Crippen LogP contribution in [0.5, 0.6) is 0 Å². The minimum Gasteiger partial charge on any atom is -0.379 e. The zero-order valence-electron chi connectivity index (χ0n) is 12.3. The summed E-state index contributed by atoms with van der Waals surface area (Å²) in [7, 11) is -0.388. The van der Waals surface area contributed by atoms with E-state index >= 15 is 0 Å². The second-order valence-electron chi connectivity index (χ2n) is 5.33. The van der Waals surface area contributed by atoms with Gasteiger partial charge in [-0.15, -0.1) is 0 Å². The molecule has 0 aromatic carbocycles. The third kappa shape index (κ3) is 4.16. The van der Waals surface area contributed by atoms with Gasteiger partial charge < -0.3 is 10.1 Å². The number of hydrogen-bond donors (Lipinski definition) is 1. The van der Waals surface area contributed by atoms with Crippen molar-refractivity contribution in [1.82, 2.24) is 14.6 Å². The fourth-order valence-electron chi connectivity index (χ4n) is 2.13. The van der Waals surface area contributed by atoms with E-state index in [0.717, 1.165) is 0 Å². The largest absolute Gasteiger partial charge is 0.379 e. The third-order valence-corrected chi connectivity index (χ3v) is 5.63. The van der Waals surface area contributed by atoms with Crippen molar-refractivity contribution in [3.05, 3.63) is 29.0 Å². The van der Waals surface area contributed by atoms with Gasteiger partial charge in [0.15, 0.2) is 0 Å². The topological polar surface area (TPSA) is 88.6 Å². The first-order valence-electron chi connectivity index (χ1n) is 6.69. The van der Waals surface area contributed by atoms with Crippen molar-refractivity contribution in [2.45, 2.75) is 6.04 Å². The smallest absolute Gasteiger partial charge is 0.253 e. The maximum Gasteiger partial charge on any atom is 0.253 e. The molecule has 7 nitrogen and oxygen atoms in total. The molecule has 22 heavy (non-hydrogen) atoms. The van der Waals surface area contributed by atoms with Gasteiger partial charge >= 0.3 is 0 Å². The van der Waals surface area contributed by atoms with Crippen LogP contribution < -0.4 is 5.32 Å². The van der Waals surface area contributed by atoms with Crippen LogP contribution in [0.3, 0.4) is 0 Å². The predicted octanol–water partition coefficient (Wildman–Crippen LogP) is 0.371. The molecule has 1 saturated heterocycles. The van der Waals surface area contributed by atoms with E-state index in [2.05, 4.69) is 10.3 Å². The average molecular weight is 348 g/mol. The maximum atomic E-state index is 12.2. The summed E-state index contributed by atoms with van der Waals surface area (Å²) in [5, 5.41) is 3.15. The summed E-state index contributed by atoms with van der Waals surface area (Å²) in [4.78, 5) is 16.0. The molecule has 0 radical (unpaired) electrons. The molecule has 2 unspecified atom stereocenters. The highest BCUT2D eigenvalue weighted by molar-refractivity contribution is 7.89. The Hall–Kier alpha value is -1.22. The van der Waals surface area contributed by atoms with Crippen LogP contribution in [0.4, 0.5) is 0 Å². The van der Waals surface area contributed by atoms with Gasteiger partial charge in [0.1, 0.15) is 0 Å². The molecule has 0 spiro atoms. The standard InChI is InChI=1S/C13H18ClN3O4S/c1-17(2)22(19,20)8-10-6-21-7-12(10)16-13(18)9-3-11(14)5-15-4-9/h3-5,10,12H,6-8H2,1-2H3,(H,16,18). The fraction of sp³-hybridized carbons (Fsp3) is 0.538. The Kier molecular flexibility index (Phi) is 5.38. The number of ether oxygens (including phenoxy) is 1. The second-order valence-corrected chi connectivity index (χ2v) is 7.99. The number of halogens is 1. The molecule has 1 aliphatic rings. The zero-order chi connectivity index (χ0) is 16.3. The van der Waals surface area contributed by atoms with E-state index in [9.17, 15) is 13.2 Å². The first-order chi connectivity index (χ1) is 10.3. The minimum atomic E-state index is -3.35. The number of aromatic nitrogens is 1. The van der Waals surface area contributed by atoms with Crippen LogP contribution in [0.15, 0.2) is 18.5 Å². The van der Waals surface area contributed by atoms with E-state index < -0.39 is 10.0 Å². The average Bonchev–Trinajstić information content (AvgIpc) is 2.85. The second kappa shape index (κ2) is 6.91. The van der Waals surface area contributed by atoms with Crippen molar-refractivity contribution in [3.8, 4) is 0 Å². The quantitative estimate of drug-likeness (QED) is 0.831. The van der Waals surface area contributed by atoms with E-state index in [0.29, 0.717) is 17.2 Å². The highest BCUT2D eigenvalue weighted by Crippen LogP contribution is 2.18. The number of nitrogens with zero attached hydrogens (tertiary/aromatic N) is 2. The number of sulfonamides is 1. The highest BCUT2D eigenvalue weighted by atomic mass is 35.5. The maximum absolute atomic E-state index is 12.2. The van der Waals surface area contributed by atoms with Gasteiger partial charge in [-0.3, -0.25) is 9.78 Å². The first kappa shape index (κ1) is 17.1. The minimum absolute atomic E-state index is 0.0707. The van der Waals surface area contributed by atoms with Crippen LogP contribution >= 0.6 is 11.6 Å². The Morgan fingerprint density at radius 2 is 2.18 bits per heavy atom. The summed E-state index contributed by atoms with van der Waals surface area (Å²) >= 11 is 5.80. The number of pyridine rings is 1. The Balaban J connectivity index is 2.04. The van der Waals surface area contributed by atoms with E-state index in [-0.39, 0.29) is 30.2 Å². The lowest BCUT2D eigenvalue weighted by atomic mass is 10.1. The Morgan fingerprint density at radius 3 is 2.82 bits per heavy atom. The molecular formula is C13H18ClN3O4S. The first-order valence-corrected chi connectivity index (χ1v) is 8.67. The normalized spacial score (nSPS) is 22.0. The van der Waals surface area contributed by atoms with Crippen LogP contribution in [-0.2, 0) is 14.8 Å². The fourth-order valence-corrected chi connectivity index (χ4v) is 3.47. The summed E-state index contributed by atoms with van der Waals surface area (Å²) in [6.45, 7) is 0.583. The Bertz CT molecular complexity index is 650. The van der Waals surface area contributed by atoms with E-state index in [4.69, 9.17) is 16.3 Å². The van der Waals surface area contributed by atoms with E-state index in [1.165, 1.54) is 36.9 Å². The molecule has 2 heterocycles. The van der Waals surface area contributed by atoms with Gasteiger partial charge in [0.25, 0.3) is 5.91 Å². The number of rotatable bonds is 5. The molecule has 1 N–H and O–H groups in total. The molecule has 9 heteroatoms. The molecule has 1 aliphatic heterocycles. The number of amides is 1. The Morgan fingerprint density at radius 1 is 1.45 bits per heavy atom. The summed E-state index contributed by atoms with van der Waals surface area (Å²) in [6, 6.07) is 1.15. The van der Waals surface area contributed by atoms with E-state index in [1.807, 2.05) is 0 Å². The Labute approximate surface area is 134 Å². The third-order valence-electron chi connectivity index (χ3n) is 3.46. The van der Waals surface area contributed by atoms with Crippen molar-refractivity contribution < 1.29 is 17.9 Å². The molecule has 1 aromatic heterocycles. The molecule has 122 valence electrons. The summed E-state index contributed by atoms with van der Waals surface area (Å²) in [6.07, 6.45) is 2.84. The summed E-state index contributed by atoms with van der Waals surface area (Å²) in [5.41, 5.74) is 0.327. The lowest BCUT2D eigenvalue weighted by Gasteiger charge is -2.21. The molecule has 0 bridgehead atoms. The molecule has 2 rings (SSSR count). The van der Waals surface area contributed by atoms with Crippen LogP contribution in [0.25, 0.3) is 0 Å². The van der Waals surface area contributed by atoms with Gasteiger partial charge in [0.05, 0.1) is 35.6 Å². The molecule has 1 aromatic rings. The van der Waals surface area contributed by atoms with Crippen LogP contribution in [0.2, 0.25) is 5.02 Å². The predicted molar refractivity (Wildman–Crippen MR) is 82.3 cm³/mol. The summed E-state index contributed by atoms with van der Waals surface area (Å²) < 4.78 is 30.4. The summed E-state index contributed by atoms with van der Waals surface area (Å²) in [5.74, 6) is -0.708. The molecule has 1 fully saturated rings. The van der Waals surface area contributed by atoms with Gasteiger partial charge in [-0.25, -0.2) is 12.7 Å². The van der Waals surface area contributed by atoms with Crippen molar-refractivity contribution >= 4 is 27.5 Å².